The molecule has 3 aliphatic carbocycles. The molecule has 2 nitrogen and oxygen atoms in total. The van der Waals surface area contributed by atoms with Crippen LogP contribution in [-0.4, -0.2) is 11.1 Å². The van der Waals surface area contributed by atoms with Crippen molar-refractivity contribution in [3.05, 3.63) is 58.7 Å². The Morgan fingerprint density at radius 1 is 1.14 bits per heavy atom. The van der Waals surface area contributed by atoms with E-state index < -0.39 is 5.97 Å². The highest BCUT2D eigenvalue weighted by Crippen LogP contribution is 2.45. The smallest absolute Gasteiger partial charge is 0.331 e. The predicted molar refractivity (Wildman–Crippen MR) is 82.0 cm³/mol. The van der Waals surface area contributed by atoms with Gasteiger partial charge in [0.15, 0.2) is 0 Å². The fourth-order valence-corrected chi connectivity index (χ4v) is 4.37. The van der Waals surface area contributed by atoms with E-state index in [2.05, 4.69) is 30.3 Å². The Labute approximate surface area is 125 Å². The summed E-state index contributed by atoms with van der Waals surface area (Å²) in [5.41, 5.74) is 5.14. The molecule has 0 aromatic heterocycles. The second kappa shape index (κ2) is 4.87. The van der Waals surface area contributed by atoms with Crippen LogP contribution in [0.2, 0.25) is 0 Å². The number of carboxylic acid groups (broad SMARTS) is 1. The zero-order valence-corrected chi connectivity index (χ0v) is 12.1. The maximum atomic E-state index is 11.2. The molecule has 3 unspecified atom stereocenters. The van der Waals surface area contributed by atoms with Crippen molar-refractivity contribution in [1.29, 1.82) is 0 Å². The van der Waals surface area contributed by atoms with E-state index in [0.717, 1.165) is 19.3 Å². The van der Waals surface area contributed by atoms with E-state index in [-0.39, 0.29) is 0 Å². The van der Waals surface area contributed by atoms with E-state index in [1.54, 1.807) is 5.57 Å². The molecule has 2 heteroatoms. The third kappa shape index (κ3) is 2.23. The lowest BCUT2D eigenvalue weighted by Crippen LogP contribution is -2.31. The molecule has 0 heterocycles. The summed E-state index contributed by atoms with van der Waals surface area (Å²) in [6, 6.07) is 8.77. The van der Waals surface area contributed by atoms with Crippen molar-refractivity contribution in [2.45, 2.75) is 32.1 Å². The standard InChI is InChI=1S/C19H20O2/c20-19(21)15-6-5-14-9-17-7-12-3-1-2-4-13(12)8-18(17)11-16(14)10-15/h1-4,6,11,14,16-17H,5,7-10H2,(H,20,21). The minimum atomic E-state index is -0.733. The van der Waals surface area contributed by atoms with Crippen LogP contribution in [0.1, 0.15) is 30.4 Å². The van der Waals surface area contributed by atoms with Gasteiger partial charge in [-0.25, -0.2) is 4.79 Å². The van der Waals surface area contributed by atoms with E-state index in [1.807, 2.05) is 6.08 Å². The van der Waals surface area contributed by atoms with Crippen LogP contribution in [0.15, 0.2) is 47.6 Å². The molecule has 0 spiro atoms. The van der Waals surface area contributed by atoms with Crippen LogP contribution in [0.25, 0.3) is 0 Å². The molecule has 0 saturated carbocycles. The van der Waals surface area contributed by atoms with Crippen LogP contribution in [0.3, 0.4) is 0 Å². The molecular formula is C19H20O2. The van der Waals surface area contributed by atoms with E-state index in [1.165, 1.54) is 24.0 Å². The highest BCUT2D eigenvalue weighted by atomic mass is 16.4. The molecule has 1 aromatic rings. The zero-order chi connectivity index (χ0) is 14.4. The number of aliphatic carboxylic acids is 1. The van der Waals surface area contributed by atoms with Gasteiger partial charge < -0.3 is 5.11 Å². The maximum absolute atomic E-state index is 11.2. The summed E-state index contributed by atoms with van der Waals surface area (Å²) in [5, 5.41) is 9.20. The van der Waals surface area contributed by atoms with Gasteiger partial charge in [0.2, 0.25) is 0 Å². The molecule has 0 saturated heterocycles. The number of hydrogen-bond donors (Lipinski definition) is 1. The van der Waals surface area contributed by atoms with Crippen LogP contribution in [0.4, 0.5) is 0 Å². The van der Waals surface area contributed by atoms with Crippen molar-refractivity contribution in [3.63, 3.8) is 0 Å². The van der Waals surface area contributed by atoms with Gasteiger partial charge in [-0.1, -0.05) is 42.0 Å². The maximum Gasteiger partial charge on any atom is 0.331 e. The van der Waals surface area contributed by atoms with Crippen LogP contribution >= 0.6 is 0 Å². The van der Waals surface area contributed by atoms with Crippen LogP contribution in [-0.2, 0) is 17.6 Å². The van der Waals surface area contributed by atoms with Gasteiger partial charge in [-0.3, -0.25) is 0 Å². The number of hydrogen-bond acceptors (Lipinski definition) is 1. The van der Waals surface area contributed by atoms with Gasteiger partial charge in [0.05, 0.1) is 0 Å². The van der Waals surface area contributed by atoms with E-state index in [0.29, 0.717) is 23.3 Å². The molecule has 3 atom stereocenters. The Morgan fingerprint density at radius 3 is 2.76 bits per heavy atom. The van der Waals surface area contributed by atoms with Crippen molar-refractivity contribution in [2.24, 2.45) is 17.8 Å². The lowest BCUT2D eigenvalue weighted by Gasteiger charge is -2.40. The number of allylic oxidation sites excluding steroid dienone is 3. The number of carbonyl (C=O) groups is 1. The quantitative estimate of drug-likeness (QED) is 0.795. The fourth-order valence-electron chi connectivity index (χ4n) is 4.37. The topological polar surface area (TPSA) is 37.3 Å². The molecule has 108 valence electrons. The van der Waals surface area contributed by atoms with E-state index >= 15 is 0 Å². The summed E-state index contributed by atoms with van der Waals surface area (Å²) in [4.78, 5) is 11.2. The van der Waals surface area contributed by atoms with Crippen molar-refractivity contribution >= 4 is 5.97 Å². The highest BCUT2D eigenvalue weighted by Gasteiger charge is 2.36. The average molecular weight is 280 g/mol. The third-order valence-corrected chi connectivity index (χ3v) is 5.52. The normalized spacial score (nSPS) is 30.4. The Balaban J connectivity index is 1.62. The third-order valence-electron chi connectivity index (χ3n) is 5.52. The lowest BCUT2D eigenvalue weighted by molar-refractivity contribution is -0.133. The van der Waals surface area contributed by atoms with E-state index in [4.69, 9.17) is 0 Å². The predicted octanol–water partition coefficient (Wildman–Crippen LogP) is 3.77. The Bertz CT molecular complexity index is 653. The van der Waals surface area contributed by atoms with Crippen molar-refractivity contribution in [1.82, 2.24) is 0 Å². The largest absolute Gasteiger partial charge is 0.478 e. The van der Waals surface area contributed by atoms with Gasteiger partial charge in [0.25, 0.3) is 0 Å². The number of fused-ring (bicyclic) bond motifs is 3. The van der Waals surface area contributed by atoms with Crippen LogP contribution < -0.4 is 0 Å². The summed E-state index contributed by atoms with van der Waals surface area (Å²) in [5.74, 6) is 1.04. The second-order valence-corrected chi connectivity index (χ2v) is 6.72. The Kier molecular flexibility index (Phi) is 2.99. The Hall–Kier alpha value is -1.83. The molecule has 0 fully saturated rings. The highest BCUT2D eigenvalue weighted by molar-refractivity contribution is 5.86. The number of benzene rings is 1. The summed E-state index contributed by atoms with van der Waals surface area (Å²) in [7, 11) is 0. The first-order valence-electron chi connectivity index (χ1n) is 7.90. The SMILES string of the molecule is O=C(O)C1=CCC2CC3Cc4ccccc4CC3=CC2C1. The molecule has 3 aliphatic rings. The van der Waals surface area contributed by atoms with Crippen molar-refractivity contribution in [3.8, 4) is 0 Å². The van der Waals surface area contributed by atoms with Gasteiger partial charge in [0, 0.05) is 5.57 Å². The molecule has 1 N–H and O–H groups in total. The fraction of sp³-hybridized carbons (Fsp3) is 0.421. The van der Waals surface area contributed by atoms with Crippen molar-refractivity contribution in [2.75, 3.05) is 0 Å². The first kappa shape index (κ1) is 12.9. The summed E-state index contributed by atoms with van der Waals surface area (Å²) in [6.07, 6.45) is 9.50. The summed E-state index contributed by atoms with van der Waals surface area (Å²) < 4.78 is 0. The molecule has 4 rings (SSSR count). The first-order chi connectivity index (χ1) is 10.2. The van der Waals surface area contributed by atoms with Gasteiger partial charge in [-0.05, 0) is 61.0 Å². The zero-order valence-electron chi connectivity index (χ0n) is 12.1. The molecule has 0 radical (unpaired) electrons. The monoisotopic (exact) mass is 280 g/mol. The van der Waals surface area contributed by atoms with Crippen LogP contribution in [0, 0.1) is 17.8 Å². The van der Waals surface area contributed by atoms with E-state index in [9.17, 15) is 9.90 Å². The molecule has 0 amide bonds. The molecular weight excluding hydrogens is 260 g/mol. The Morgan fingerprint density at radius 2 is 1.95 bits per heavy atom. The minimum Gasteiger partial charge on any atom is -0.478 e. The van der Waals surface area contributed by atoms with Gasteiger partial charge in [0.1, 0.15) is 0 Å². The lowest BCUT2D eigenvalue weighted by atomic mass is 9.65. The number of rotatable bonds is 1. The molecule has 1 aromatic carbocycles. The van der Waals surface area contributed by atoms with Gasteiger partial charge >= 0.3 is 5.97 Å². The summed E-state index contributed by atoms with van der Waals surface area (Å²) >= 11 is 0. The number of carboxylic acids is 1. The van der Waals surface area contributed by atoms with Gasteiger partial charge in [-0.15, -0.1) is 0 Å². The minimum absolute atomic E-state index is 0.442. The summed E-state index contributed by atoms with van der Waals surface area (Å²) in [6.45, 7) is 0. The van der Waals surface area contributed by atoms with Crippen molar-refractivity contribution < 1.29 is 9.90 Å². The molecule has 0 bridgehead atoms. The molecule has 0 aliphatic heterocycles. The second-order valence-electron chi connectivity index (χ2n) is 6.72. The molecule has 21 heavy (non-hydrogen) atoms. The first-order valence-corrected chi connectivity index (χ1v) is 7.90. The average Bonchev–Trinajstić information content (AvgIpc) is 2.50. The van der Waals surface area contributed by atoms with Crippen LogP contribution in [0.5, 0.6) is 0 Å². The van der Waals surface area contributed by atoms with Gasteiger partial charge in [-0.2, -0.15) is 0 Å².